The van der Waals surface area contributed by atoms with Gasteiger partial charge in [0.05, 0.1) is 10.5 Å². The van der Waals surface area contributed by atoms with E-state index in [4.69, 9.17) is 15.5 Å². The van der Waals surface area contributed by atoms with Gasteiger partial charge in [-0.15, -0.1) is 0 Å². The fraction of sp³-hybridized carbons (Fsp3) is 0. The van der Waals surface area contributed by atoms with Crippen LogP contribution < -0.4 is 5.14 Å². The highest BCUT2D eigenvalue weighted by Gasteiger charge is 2.15. The summed E-state index contributed by atoms with van der Waals surface area (Å²) in [4.78, 5) is 4.02. The quantitative estimate of drug-likeness (QED) is 0.720. The molecule has 3 N–H and O–H groups in total. The Bertz CT molecular complexity index is 964. The van der Waals surface area contributed by atoms with Gasteiger partial charge in [-0.1, -0.05) is 30.3 Å². The summed E-state index contributed by atoms with van der Waals surface area (Å²) in [7, 11) is -3.72. The van der Waals surface area contributed by atoms with E-state index in [2.05, 4.69) is 9.36 Å². The molecular weight excluding hydrogens is 348 g/mol. The molecule has 0 radical (unpaired) electrons. The maximum absolute atomic E-state index is 11.3. The van der Waals surface area contributed by atoms with E-state index in [1.807, 2.05) is 6.07 Å². The monoisotopic (exact) mass is 360 g/mol. The van der Waals surface area contributed by atoms with Crippen molar-refractivity contribution in [3.63, 3.8) is 0 Å². The summed E-state index contributed by atoms with van der Waals surface area (Å²) in [5.41, 5.74) is 0.806. The van der Waals surface area contributed by atoms with Crippen molar-refractivity contribution in [2.45, 2.75) is 4.90 Å². The minimum absolute atomic E-state index is 0.0417. The Hall–Kier alpha value is -2.80. The van der Waals surface area contributed by atoms with Crippen molar-refractivity contribution in [3.8, 4) is 22.4 Å². The van der Waals surface area contributed by atoms with Gasteiger partial charge < -0.3 is 5.11 Å². The molecule has 0 amide bonds. The maximum atomic E-state index is 11.3. The summed E-state index contributed by atoms with van der Waals surface area (Å²) in [6.07, 6.45) is 1.37. The summed E-state index contributed by atoms with van der Waals surface area (Å²) in [5.74, 6) is 0.0417. The second-order valence-electron chi connectivity index (χ2n) is 4.42. The Kier molecular flexibility index (Phi) is 5.59. The third-order valence-electron chi connectivity index (χ3n) is 2.81. The van der Waals surface area contributed by atoms with Crippen molar-refractivity contribution in [2.24, 2.45) is 5.14 Å². The lowest BCUT2D eigenvalue weighted by Crippen LogP contribution is -2.13. The second-order valence-corrected chi connectivity index (χ2v) is 6.73. The molecule has 24 heavy (non-hydrogen) atoms. The molecular formula is C15H12N4O3S2. The Morgan fingerprint density at radius 1 is 1.12 bits per heavy atom. The van der Waals surface area contributed by atoms with Crippen molar-refractivity contribution in [1.82, 2.24) is 9.36 Å². The number of primary sulfonamides is 1. The highest BCUT2D eigenvalue weighted by Crippen LogP contribution is 2.26. The lowest BCUT2D eigenvalue weighted by molar-refractivity contribution is 0.473. The zero-order chi connectivity index (χ0) is 17.6. The largest absolute Gasteiger partial charge is 0.507 e. The first-order valence-electron chi connectivity index (χ1n) is 6.50. The predicted molar refractivity (Wildman–Crippen MR) is 89.5 cm³/mol. The van der Waals surface area contributed by atoms with Gasteiger partial charge in [-0.05, 0) is 29.7 Å². The Balaban J connectivity index is 0.000000198. The molecule has 122 valence electrons. The van der Waals surface area contributed by atoms with E-state index in [1.165, 1.54) is 18.5 Å². The Morgan fingerprint density at radius 2 is 1.79 bits per heavy atom. The highest BCUT2D eigenvalue weighted by atomic mass is 32.2. The number of hydrogen-bond acceptors (Lipinski definition) is 7. The SMILES string of the molecule is N#Cc1ccccc1O.NS(=O)(=O)c1ccccc1-c1ncns1. The second kappa shape index (κ2) is 7.65. The van der Waals surface area contributed by atoms with Gasteiger partial charge in [-0.25, -0.2) is 18.5 Å². The molecule has 0 aliphatic heterocycles. The van der Waals surface area contributed by atoms with Crippen LogP contribution >= 0.6 is 11.5 Å². The van der Waals surface area contributed by atoms with Crippen LogP contribution in [0.25, 0.3) is 10.6 Å². The number of aromatic nitrogens is 2. The van der Waals surface area contributed by atoms with Crippen LogP contribution in [-0.4, -0.2) is 22.9 Å². The van der Waals surface area contributed by atoms with E-state index >= 15 is 0 Å². The van der Waals surface area contributed by atoms with Gasteiger partial charge in [-0.3, -0.25) is 0 Å². The summed E-state index contributed by atoms with van der Waals surface area (Å²) in [5, 5.41) is 22.8. The minimum Gasteiger partial charge on any atom is -0.507 e. The first-order chi connectivity index (χ1) is 11.4. The molecule has 0 aliphatic carbocycles. The number of nitrogens with two attached hydrogens (primary N) is 1. The zero-order valence-electron chi connectivity index (χ0n) is 12.2. The number of sulfonamides is 1. The van der Waals surface area contributed by atoms with E-state index < -0.39 is 10.0 Å². The minimum atomic E-state index is -3.72. The first kappa shape index (κ1) is 17.6. The topological polar surface area (TPSA) is 130 Å². The highest BCUT2D eigenvalue weighted by molar-refractivity contribution is 7.89. The fourth-order valence-corrected chi connectivity index (χ4v) is 3.12. The summed E-state index contributed by atoms with van der Waals surface area (Å²) in [6.45, 7) is 0. The van der Waals surface area contributed by atoms with Gasteiger partial charge in [0.1, 0.15) is 23.2 Å². The first-order valence-corrected chi connectivity index (χ1v) is 8.82. The molecule has 0 bridgehead atoms. The molecule has 1 aromatic heterocycles. The number of aromatic hydroxyl groups is 1. The van der Waals surface area contributed by atoms with Crippen molar-refractivity contribution < 1.29 is 13.5 Å². The standard InChI is InChI=1S/C8H7N3O2S2.C7H5NO/c9-15(12,13)7-4-2-1-3-6(7)8-10-5-11-14-8;8-5-6-3-1-2-4-7(6)9/h1-5H,(H2,9,12,13);1-4,9H. The maximum Gasteiger partial charge on any atom is 0.238 e. The molecule has 2 aromatic carbocycles. The molecule has 7 nitrogen and oxygen atoms in total. The third-order valence-corrected chi connectivity index (χ3v) is 4.48. The molecule has 0 spiro atoms. The van der Waals surface area contributed by atoms with Crippen LogP contribution in [0, 0.1) is 11.3 Å². The number of phenols is 1. The fourth-order valence-electron chi connectivity index (χ4n) is 1.75. The molecule has 0 unspecified atom stereocenters. The van der Waals surface area contributed by atoms with Crippen LogP contribution in [0.15, 0.2) is 59.8 Å². The normalized spacial score (nSPS) is 10.3. The van der Waals surface area contributed by atoms with Gasteiger partial charge >= 0.3 is 0 Å². The number of hydrogen-bond donors (Lipinski definition) is 2. The number of nitrogens with zero attached hydrogens (tertiary/aromatic N) is 3. The van der Waals surface area contributed by atoms with Crippen LogP contribution in [0.3, 0.4) is 0 Å². The van der Waals surface area contributed by atoms with Gasteiger partial charge in [-0.2, -0.15) is 9.64 Å². The molecule has 3 rings (SSSR count). The van der Waals surface area contributed by atoms with Crippen molar-refractivity contribution in [2.75, 3.05) is 0 Å². The zero-order valence-corrected chi connectivity index (χ0v) is 13.8. The number of para-hydroxylation sites is 1. The van der Waals surface area contributed by atoms with Crippen LogP contribution in [0.1, 0.15) is 5.56 Å². The van der Waals surface area contributed by atoms with E-state index in [1.54, 1.807) is 36.4 Å². The lowest BCUT2D eigenvalue weighted by atomic mass is 10.2. The van der Waals surface area contributed by atoms with Crippen molar-refractivity contribution in [1.29, 1.82) is 5.26 Å². The van der Waals surface area contributed by atoms with Crippen LogP contribution in [-0.2, 0) is 10.0 Å². The van der Waals surface area contributed by atoms with Gasteiger partial charge in [0.2, 0.25) is 10.0 Å². The van der Waals surface area contributed by atoms with Gasteiger partial charge in [0, 0.05) is 5.56 Å². The van der Waals surface area contributed by atoms with Crippen LogP contribution in [0.5, 0.6) is 5.75 Å². The van der Waals surface area contributed by atoms with E-state index in [0.717, 1.165) is 11.5 Å². The number of phenolic OH excluding ortho intramolecular Hbond substituents is 1. The Morgan fingerprint density at radius 3 is 2.33 bits per heavy atom. The van der Waals surface area contributed by atoms with Gasteiger partial charge in [0.15, 0.2) is 0 Å². The smallest absolute Gasteiger partial charge is 0.238 e. The molecule has 0 fully saturated rings. The number of benzene rings is 2. The van der Waals surface area contributed by atoms with E-state index in [9.17, 15) is 8.42 Å². The molecule has 3 aromatic rings. The van der Waals surface area contributed by atoms with Crippen molar-refractivity contribution in [3.05, 3.63) is 60.4 Å². The van der Waals surface area contributed by atoms with E-state index in [0.29, 0.717) is 16.1 Å². The van der Waals surface area contributed by atoms with Crippen LogP contribution in [0.4, 0.5) is 0 Å². The average molecular weight is 360 g/mol. The molecule has 9 heteroatoms. The number of rotatable bonds is 2. The summed E-state index contributed by atoms with van der Waals surface area (Å²) in [6, 6.07) is 14.7. The molecule has 0 atom stereocenters. The molecule has 0 saturated heterocycles. The molecule has 1 heterocycles. The van der Waals surface area contributed by atoms with Gasteiger partial charge in [0.25, 0.3) is 0 Å². The molecule has 0 saturated carbocycles. The van der Waals surface area contributed by atoms with E-state index in [-0.39, 0.29) is 10.6 Å². The van der Waals surface area contributed by atoms with Crippen molar-refractivity contribution >= 4 is 21.6 Å². The average Bonchev–Trinajstić information content (AvgIpc) is 3.09. The third kappa shape index (κ3) is 4.36. The predicted octanol–water partition coefficient (Wildman–Crippen LogP) is 2.12. The Labute approximate surface area is 142 Å². The number of nitriles is 1. The molecule has 0 aliphatic rings. The van der Waals surface area contributed by atoms with Crippen LogP contribution in [0.2, 0.25) is 0 Å². The summed E-state index contributed by atoms with van der Waals surface area (Å²) >= 11 is 1.13. The summed E-state index contributed by atoms with van der Waals surface area (Å²) < 4.78 is 26.4. The lowest BCUT2D eigenvalue weighted by Gasteiger charge is -2.03.